The minimum Gasteiger partial charge on any atom is -0.457 e. The molecule has 1 atom stereocenters. The number of halogens is 1. The molecule has 3 aromatic rings. The molecule has 186 valence electrons. The van der Waals surface area contributed by atoms with Gasteiger partial charge in [-0.05, 0) is 59.5 Å². The predicted molar refractivity (Wildman–Crippen MR) is 142 cm³/mol. The smallest absolute Gasteiger partial charge is 0.311 e. The highest BCUT2D eigenvalue weighted by Crippen LogP contribution is 2.30. The lowest BCUT2D eigenvalue weighted by Gasteiger charge is -2.19. The molecule has 6 nitrogen and oxygen atoms in total. The summed E-state index contributed by atoms with van der Waals surface area (Å²) in [5.74, 6) is -0.240. The predicted octanol–water partition coefficient (Wildman–Crippen LogP) is 6.32. The van der Waals surface area contributed by atoms with Crippen LogP contribution in [0.5, 0.6) is 11.5 Å². The lowest BCUT2D eigenvalue weighted by atomic mass is 9.87. The van der Waals surface area contributed by atoms with Crippen LogP contribution in [0, 0.1) is 5.92 Å². The van der Waals surface area contributed by atoms with E-state index in [1.54, 1.807) is 53.4 Å². The summed E-state index contributed by atoms with van der Waals surface area (Å²) in [7, 11) is 0. The number of hydrogen-bond acceptors (Lipinski definition) is 5. The van der Waals surface area contributed by atoms with Crippen molar-refractivity contribution in [1.82, 2.24) is 0 Å². The van der Waals surface area contributed by atoms with Crippen molar-refractivity contribution in [2.24, 2.45) is 5.92 Å². The maximum absolute atomic E-state index is 12.6. The molecule has 36 heavy (non-hydrogen) atoms. The van der Waals surface area contributed by atoms with E-state index in [1.165, 1.54) is 5.56 Å². The number of nitrogens with zero attached hydrogens (tertiary/aromatic N) is 1. The summed E-state index contributed by atoms with van der Waals surface area (Å²) in [6.07, 6.45) is 0.0453. The van der Waals surface area contributed by atoms with E-state index in [0.29, 0.717) is 17.0 Å². The molecule has 4 rings (SSSR count). The van der Waals surface area contributed by atoms with E-state index in [2.05, 4.69) is 48.8 Å². The fraction of sp³-hybridized carbons (Fsp3) is 0.276. The summed E-state index contributed by atoms with van der Waals surface area (Å²) in [4.78, 5) is 38.9. The van der Waals surface area contributed by atoms with Crippen molar-refractivity contribution < 1.29 is 23.9 Å². The number of ether oxygens (including phenoxy) is 2. The average Bonchev–Trinajstić information content (AvgIpc) is 3.24. The van der Waals surface area contributed by atoms with Gasteiger partial charge in [0.2, 0.25) is 5.91 Å². The summed E-state index contributed by atoms with van der Waals surface area (Å²) >= 11 is 3.32. The first-order chi connectivity index (χ1) is 17.1. The molecule has 1 saturated heterocycles. The van der Waals surface area contributed by atoms with Crippen molar-refractivity contribution in [2.75, 3.05) is 18.1 Å². The van der Waals surface area contributed by atoms with Crippen molar-refractivity contribution in [1.29, 1.82) is 0 Å². The molecular weight excluding hydrogens is 522 g/mol. The van der Waals surface area contributed by atoms with Crippen LogP contribution in [0.25, 0.3) is 0 Å². The lowest BCUT2D eigenvalue weighted by molar-refractivity contribution is -0.147. The Kier molecular flexibility index (Phi) is 7.59. The third-order valence-corrected chi connectivity index (χ3v) is 6.60. The molecule has 0 saturated carbocycles. The summed E-state index contributed by atoms with van der Waals surface area (Å²) in [5.41, 5.74) is 2.43. The minimum atomic E-state index is -0.618. The number of hydrogen-bond donors (Lipinski definition) is 0. The van der Waals surface area contributed by atoms with E-state index in [1.807, 2.05) is 12.1 Å². The van der Waals surface area contributed by atoms with E-state index >= 15 is 0 Å². The summed E-state index contributed by atoms with van der Waals surface area (Å²) in [6.45, 7) is 6.34. The maximum Gasteiger partial charge on any atom is 0.311 e. The van der Waals surface area contributed by atoms with Crippen molar-refractivity contribution in [3.8, 4) is 11.5 Å². The Labute approximate surface area is 219 Å². The van der Waals surface area contributed by atoms with Crippen molar-refractivity contribution in [3.63, 3.8) is 0 Å². The number of ketones is 1. The van der Waals surface area contributed by atoms with Crippen LogP contribution in [0.3, 0.4) is 0 Å². The molecule has 0 bridgehead atoms. The second-order valence-electron chi connectivity index (χ2n) is 9.81. The second-order valence-corrected chi connectivity index (χ2v) is 10.7. The number of amides is 1. The van der Waals surface area contributed by atoms with Crippen LogP contribution in [0.2, 0.25) is 0 Å². The normalized spacial score (nSPS) is 15.6. The Morgan fingerprint density at radius 2 is 1.50 bits per heavy atom. The van der Waals surface area contributed by atoms with Crippen LogP contribution in [-0.2, 0) is 19.7 Å². The number of esters is 1. The summed E-state index contributed by atoms with van der Waals surface area (Å²) in [6, 6.07) is 22.0. The van der Waals surface area contributed by atoms with E-state index in [4.69, 9.17) is 9.47 Å². The van der Waals surface area contributed by atoms with Gasteiger partial charge < -0.3 is 14.4 Å². The third kappa shape index (κ3) is 6.21. The molecule has 7 heteroatoms. The van der Waals surface area contributed by atoms with E-state index in [0.717, 1.165) is 10.2 Å². The van der Waals surface area contributed by atoms with Crippen molar-refractivity contribution in [2.45, 2.75) is 32.6 Å². The number of Topliss-reactive ketones (excluding diaryl/α,β-unsaturated/α-hetero) is 1. The van der Waals surface area contributed by atoms with Gasteiger partial charge >= 0.3 is 5.97 Å². The summed E-state index contributed by atoms with van der Waals surface area (Å²) in [5, 5.41) is 0. The molecule has 0 aliphatic carbocycles. The SMILES string of the molecule is CC(C)(C)c1ccc(Oc2ccc(N3C[C@@H](C(=O)OCC(=O)c4ccc(Br)cc4)CC3=O)cc2)cc1. The molecular formula is C29H28BrNO5. The topological polar surface area (TPSA) is 72.9 Å². The standard InChI is InChI=1S/C29H28BrNO5/c1-29(2,3)21-6-12-24(13-7-21)36-25-14-10-23(11-15-25)31-17-20(16-27(31)33)28(34)35-18-26(32)19-4-8-22(30)9-5-19/h4-15,20H,16-18H2,1-3H3/t20-/m0/s1. The highest BCUT2D eigenvalue weighted by atomic mass is 79.9. The first kappa shape index (κ1) is 25.6. The Bertz CT molecular complexity index is 1240. The molecule has 0 aromatic heterocycles. The quantitative estimate of drug-likeness (QED) is 0.254. The van der Waals surface area contributed by atoms with Gasteiger partial charge in [-0.1, -0.05) is 61.0 Å². The molecule has 0 spiro atoms. The zero-order valence-corrected chi connectivity index (χ0v) is 22.1. The van der Waals surface area contributed by atoms with Crippen molar-refractivity contribution >= 4 is 39.3 Å². The number of anilines is 1. The van der Waals surface area contributed by atoms with Crippen LogP contribution in [0.4, 0.5) is 5.69 Å². The van der Waals surface area contributed by atoms with Gasteiger partial charge in [-0.25, -0.2) is 0 Å². The third-order valence-electron chi connectivity index (χ3n) is 6.07. The lowest BCUT2D eigenvalue weighted by Crippen LogP contribution is -2.27. The van der Waals surface area contributed by atoms with Crippen LogP contribution >= 0.6 is 15.9 Å². The highest BCUT2D eigenvalue weighted by Gasteiger charge is 2.36. The number of carbonyl (C=O) groups is 3. The van der Waals surface area contributed by atoms with Gasteiger partial charge in [-0.2, -0.15) is 0 Å². The monoisotopic (exact) mass is 549 g/mol. The van der Waals surface area contributed by atoms with Crippen molar-refractivity contribution in [3.05, 3.63) is 88.4 Å². The molecule has 1 heterocycles. The zero-order valence-electron chi connectivity index (χ0n) is 20.5. The van der Waals surface area contributed by atoms with Crippen LogP contribution in [0.15, 0.2) is 77.3 Å². The zero-order chi connectivity index (χ0) is 25.9. The number of carbonyl (C=O) groups excluding carboxylic acids is 3. The Morgan fingerprint density at radius 3 is 2.08 bits per heavy atom. The van der Waals surface area contributed by atoms with E-state index < -0.39 is 11.9 Å². The molecule has 1 aliphatic heterocycles. The largest absolute Gasteiger partial charge is 0.457 e. The fourth-order valence-corrected chi connectivity index (χ4v) is 4.21. The Hall–Kier alpha value is -3.45. The molecule has 0 N–H and O–H groups in total. The van der Waals surface area contributed by atoms with Crippen LogP contribution < -0.4 is 9.64 Å². The Morgan fingerprint density at radius 1 is 0.917 bits per heavy atom. The van der Waals surface area contributed by atoms with E-state index in [9.17, 15) is 14.4 Å². The van der Waals surface area contributed by atoms with Gasteiger partial charge in [0, 0.05) is 28.7 Å². The van der Waals surface area contributed by atoms with E-state index in [-0.39, 0.29) is 36.7 Å². The molecule has 1 fully saturated rings. The first-order valence-electron chi connectivity index (χ1n) is 11.7. The summed E-state index contributed by atoms with van der Waals surface area (Å²) < 4.78 is 12.0. The van der Waals surface area contributed by atoms with Gasteiger partial charge in [0.15, 0.2) is 12.4 Å². The van der Waals surface area contributed by atoms with Gasteiger partial charge in [0.1, 0.15) is 11.5 Å². The number of rotatable bonds is 7. The van der Waals surface area contributed by atoms with Gasteiger partial charge in [-0.3, -0.25) is 14.4 Å². The molecule has 3 aromatic carbocycles. The minimum absolute atomic E-state index is 0.0453. The Balaban J connectivity index is 1.32. The van der Waals surface area contributed by atoms with Gasteiger partial charge in [0.25, 0.3) is 0 Å². The maximum atomic E-state index is 12.6. The average molecular weight is 550 g/mol. The number of benzene rings is 3. The molecule has 0 unspecified atom stereocenters. The van der Waals surface area contributed by atoms with Crippen LogP contribution in [0.1, 0.15) is 43.1 Å². The molecule has 1 aliphatic rings. The molecule has 0 radical (unpaired) electrons. The van der Waals surface area contributed by atoms with Crippen LogP contribution in [-0.4, -0.2) is 30.8 Å². The van der Waals surface area contributed by atoms with Gasteiger partial charge in [0.05, 0.1) is 5.92 Å². The van der Waals surface area contributed by atoms with Gasteiger partial charge in [-0.15, -0.1) is 0 Å². The second kappa shape index (κ2) is 10.7. The first-order valence-corrected chi connectivity index (χ1v) is 12.5. The highest BCUT2D eigenvalue weighted by molar-refractivity contribution is 9.10. The molecule has 1 amide bonds. The fourth-order valence-electron chi connectivity index (χ4n) is 3.94.